The summed E-state index contributed by atoms with van der Waals surface area (Å²) in [5.41, 5.74) is 0.346. The minimum absolute atomic E-state index is 0.00337. The number of nitrogens with zero attached hydrogens (tertiary/aromatic N) is 1. The van der Waals surface area contributed by atoms with E-state index in [1.54, 1.807) is 18.2 Å². The number of halogens is 1. The molecule has 0 spiro atoms. The quantitative estimate of drug-likeness (QED) is 0.882. The smallest absolute Gasteiger partial charge is 0.337 e. The summed E-state index contributed by atoms with van der Waals surface area (Å²) in [7, 11) is 0. The van der Waals surface area contributed by atoms with E-state index in [0.717, 1.165) is 12.8 Å². The summed E-state index contributed by atoms with van der Waals surface area (Å²) in [5.74, 6) is -0.562. The number of aromatic nitrogens is 1. The monoisotopic (exact) mass is 350 g/mol. The summed E-state index contributed by atoms with van der Waals surface area (Å²) in [6.45, 7) is 0. The molecular formula is C14H11BrN2O4. The molecule has 0 aliphatic heterocycles. The number of hydrogen-bond acceptors (Lipinski definition) is 4. The first-order valence-electron chi connectivity index (χ1n) is 6.36. The number of benzene rings is 1. The second kappa shape index (κ2) is 5.33. The molecule has 0 saturated heterocycles. The molecule has 1 heterocycles. The molecule has 7 heteroatoms. The first-order chi connectivity index (χ1) is 10.1. The van der Waals surface area contributed by atoms with E-state index in [0.29, 0.717) is 16.2 Å². The lowest BCUT2D eigenvalue weighted by Crippen LogP contribution is -2.15. The van der Waals surface area contributed by atoms with Crippen LogP contribution in [0.25, 0.3) is 0 Å². The predicted octanol–water partition coefficient (Wildman–Crippen LogP) is 3.27. The summed E-state index contributed by atoms with van der Waals surface area (Å²) in [5, 5.41) is 15.4. The average molecular weight is 351 g/mol. The molecule has 1 aromatic heterocycles. The maximum atomic E-state index is 12.2. The largest absolute Gasteiger partial charge is 0.478 e. The summed E-state index contributed by atoms with van der Waals surface area (Å²) < 4.78 is 5.60. The highest BCUT2D eigenvalue weighted by molar-refractivity contribution is 9.10. The summed E-state index contributed by atoms with van der Waals surface area (Å²) in [6.07, 6.45) is 2.09. The van der Waals surface area contributed by atoms with Gasteiger partial charge in [-0.2, -0.15) is 0 Å². The van der Waals surface area contributed by atoms with E-state index in [2.05, 4.69) is 26.4 Å². The van der Waals surface area contributed by atoms with Gasteiger partial charge in [0.1, 0.15) is 5.76 Å². The van der Waals surface area contributed by atoms with Crippen molar-refractivity contribution in [2.45, 2.75) is 18.8 Å². The van der Waals surface area contributed by atoms with E-state index in [4.69, 9.17) is 9.63 Å². The van der Waals surface area contributed by atoms with Gasteiger partial charge in [0.15, 0.2) is 5.69 Å². The number of anilines is 1. The zero-order valence-electron chi connectivity index (χ0n) is 10.8. The number of amides is 1. The predicted molar refractivity (Wildman–Crippen MR) is 77.5 cm³/mol. The number of carbonyl (C=O) groups excluding carboxylic acids is 1. The van der Waals surface area contributed by atoms with E-state index in [-0.39, 0.29) is 16.9 Å². The Balaban J connectivity index is 1.85. The normalized spacial score (nSPS) is 14.0. The summed E-state index contributed by atoms with van der Waals surface area (Å²) in [6, 6.07) is 6.26. The first kappa shape index (κ1) is 13.8. The number of carboxylic acid groups (broad SMARTS) is 1. The second-order valence-corrected chi connectivity index (χ2v) is 5.66. The molecule has 1 saturated carbocycles. The Hall–Kier alpha value is -2.15. The Labute approximate surface area is 128 Å². The molecule has 1 aromatic carbocycles. The van der Waals surface area contributed by atoms with Crippen molar-refractivity contribution >= 4 is 33.5 Å². The number of rotatable bonds is 4. The maximum absolute atomic E-state index is 12.2. The fourth-order valence-corrected chi connectivity index (χ4v) is 2.43. The molecular weight excluding hydrogens is 340 g/mol. The molecule has 0 radical (unpaired) electrons. The molecule has 1 aliphatic carbocycles. The number of aromatic carboxylic acids is 1. The minimum Gasteiger partial charge on any atom is -0.478 e. The molecule has 0 unspecified atom stereocenters. The van der Waals surface area contributed by atoms with E-state index < -0.39 is 11.9 Å². The summed E-state index contributed by atoms with van der Waals surface area (Å²) in [4.78, 5) is 23.3. The third kappa shape index (κ3) is 2.82. The van der Waals surface area contributed by atoms with E-state index in [9.17, 15) is 9.59 Å². The fraction of sp³-hybridized carbons (Fsp3) is 0.214. The lowest BCUT2D eigenvalue weighted by molar-refractivity contribution is 0.0698. The van der Waals surface area contributed by atoms with Crippen LogP contribution >= 0.6 is 15.9 Å². The molecule has 21 heavy (non-hydrogen) atoms. The van der Waals surface area contributed by atoms with Crippen molar-refractivity contribution in [3.05, 3.63) is 45.8 Å². The minimum atomic E-state index is -1.12. The van der Waals surface area contributed by atoms with Crippen molar-refractivity contribution in [3.8, 4) is 0 Å². The second-order valence-electron chi connectivity index (χ2n) is 4.81. The van der Waals surface area contributed by atoms with E-state index >= 15 is 0 Å². The van der Waals surface area contributed by atoms with Crippen molar-refractivity contribution in [2.24, 2.45) is 0 Å². The van der Waals surface area contributed by atoms with Crippen LogP contribution in [0.4, 0.5) is 5.69 Å². The lowest BCUT2D eigenvalue weighted by atomic mass is 10.1. The molecule has 2 aromatic rings. The van der Waals surface area contributed by atoms with Crippen molar-refractivity contribution < 1.29 is 19.2 Å². The number of carboxylic acids is 1. The van der Waals surface area contributed by atoms with Crippen LogP contribution in [-0.4, -0.2) is 22.1 Å². The highest BCUT2D eigenvalue weighted by atomic mass is 79.9. The Kier molecular flexibility index (Phi) is 3.50. The third-order valence-corrected chi connectivity index (χ3v) is 3.88. The molecule has 0 atom stereocenters. The highest BCUT2D eigenvalue weighted by Gasteiger charge is 2.29. The molecule has 1 amide bonds. The van der Waals surface area contributed by atoms with Gasteiger partial charge < -0.3 is 14.9 Å². The van der Waals surface area contributed by atoms with Crippen LogP contribution in [0.2, 0.25) is 0 Å². The van der Waals surface area contributed by atoms with Crippen LogP contribution in [0.3, 0.4) is 0 Å². The van der Waals surface area contributed by atoms with Crippen LogP contribution in [0.1, 0.15) is 45.4 Å². The topological polar surface area (TPSA) is 92.4 Å². The van der Waals surface area contributed by atoms with Crippen molar-refractivity contribution in [2.75, 3.05) is 5.32 Å². The molecule has 1 aliphatic rings. The highest BCUT2D eigenvalue weighted by Crippen LogP contribution is 2.40. The molecule has 6 nitrogen and oxygen atoms in total. The fourth-order valence-electron chi connectivity index (χ4n) is 1.96. The van der Waals surface area contributed by atoms with Gasteiger partial charge in [-0.15, -0.1) is 0 Å². The first-order valence-corrected chi connectivity index (χ1v) is 7.15. The SMILES string of the molecule is O=C(Nc1c(Br)cccc1C(=O)O)c1cc(C2CC2)on1. The molecule has 3 rings (SSSR count). The van der Waals surface area contributed by atoms with Gasteiger partial charge in [0.25, 0.3) is 5.91 Å². The zero-order chi connectivity index (χ0) is 15.0. The lowest BCUT2D eigenvalue weighted by Gasteiger charge is -2.09. The van der Waals surface area contributed by atoms with Crippen LogP contribution in [0, 0.1) is 0 Å². The molecule has 0 bridgehead atoms. The maximum Gasteiger partial charge on any atom is 0.337 e. The number of carbonyl (C=O) groups is 2. The zero-order valence-corrected chi connectivity index (χ0v) is 12.4. The Morgan fingerprint density at radius 1 is 1.38 bits per heavy atom. The number of para-hydroxylation sites is 1. The van der Waals surface area contributed by atoms with Gasteiger partial charge in [0.05, 0.1) is 11.3 Å². The Morgan fingerprint density at radius 2 is 2.14 bits per heavy atom. The molecule has 2 N–H and O–H groups in total. The average Bonchev–Trinajstić information content (AvgIpc) is 3.18. The van der Waals surface area contributed by atoms with Gasteiger partial charge in [-0.05, 0) is 40.9 Å². The van der Waals surface area contributed by atoms with Gasteiger partial charge in [-0.25, -0.2) is 4.79 Å². The van der Waals surface area contributed by atoms with E-state index in [1.165, 1.54) is 6.07 Å². The van der Waals surface area contributed by atoms with Crippen molar-refractivity contribution in [1.82, 2.24) is 5.16 Å². The van der Waals surface area contributed by atoms with Crippen LogP contribution in [0.15, 0.2) is 33.3 Å². The standard InChI is InChI=1S/C14H11BrN2O4/c15-9-3-1-2-8(14(19)20)12(9)16-13(18)10-6-11(21-17-10)7-4-5-7/h1-3,6-7H,4-5H2,(H,16,18)(H,19,20). The Bertz CT molecular complexity index is 722. The van der Waals surface area contributed by atoms with Gasteiger partial charge in [-0.1, -0.05) is 11.2 Å². The number of nitrogens with one attached hydrogen (secondary N) is 1. The van der Waals surface area contributed by atoms with Gasteiger partial charge in [0, 0.05) is 16.5 Å². The Morgan fingerprint density at radius 3 is 2.81 bits per heavy atom. The van der Waals surface area contributed by atoms with Gasteiger partial charge in [0.2, 0.25) is 0 Å². The van der Waals surface area contributed by atoms with Crippen LogP contribution < -0.4 is 5.32 Å². The summed E-state index contributed by atoms with van der Waals surface area (Å²) >= 11 is 3.23. The van der Waals surface area contributed by atoms with Gasteiger partial charge in [-0.3, -0.25) is 4.79 Å². The van der Waals surface area contributed by atoms with Crippen molar-refractivity contribution in [1.29, 1.82) is 0 Å². The van der Waals surface area contributed by atoms with Gasteiger partial charge >= 0.3 is 5.97 Å². The molecule has 108 valence electrons. The van der Waals surface area contributed by atoms with Crippen molar-refractivity contribution in [3.63, 3.8) is 0 Å². The number of hydrogen-bond donors (Lipinski definition) is 2. The van der Waals surface area contributed by atoms with Crippen LogP contribution in [0.5, 0.6) is 0 Å². The third-order valence-electron chi connectivity index (χ3n) is 3.22. The van der Waals surface area contributed by atoms with Crippen LogP contribution in [-0.2, 0) is 0 Å². The van der Waals surface area contributed by atoms with E-state index in [1.807, 2.05) is 0 Å². The molecule has 1 fully saturated rings.